The smallest absolute Gasteiger partial charge is 0.466 e. The molecule has 0 aliphatic rings. The molecule has 0 amide bonds. The zero-order chi connectivity index (χ0) is 15.6. The normalized spacial score (nSPS) is 12.2. The van der Waals surface area contributed by atoms with E-state index in [9.17, 15) is 9.59 Å². The molecule has 0 rings (SSSR count). The molecule has 0 heterocycles. The van der Waals surface area contributed by atoms with Gasteiger partial charge in [-0.3, -0.25) is 0 Å². The van der Waals surface area contributed by atoms with Crippen LogP contribution in [-0.2, 0) is 32.3 Å². The quantitative estimate of drug-likeness (QED) is 0.355. The summed E-state index contributed by atoms with van der Waals surface area (Å²) in [7, 11) is -1.09. The van der Waals surface area contributed by atoms with Gasteiger partial charge in [0, 0.05) is 25.9 Å². The molecule has 0 aromatic rings. The van der Waals surface area contributed by atoms with Crippen LogP contribution in [0.4, 0.5) is 0 Å². The van der Waals surface area contributed by atoms with Gasteiger partial charge in [-0.2, -0.15) is 0 Å². The van der Waals surface area contributed by atoms with E-state index in [0.29, 0.717) is 0 Å². The first kappa shape index (κ1) is 18.8. The molecular weight excluding hydrogens is 284 g/mol. The van der Waals surface area contributed by atoms with E-state index in [-0.39, 0.29) is 25.0 Å². The Bertz CT molecular complexity index is 337. The van der Waals surface area contributed by atoms with Crippen molar-refractivity contribution in [2.24, 2.45) is 0 Å². The van der Waals surface area contributed by atoms with E-state index in [0.717, 1.165) is 6.08 Å². The van der Waals surface area contributed by atoms with Crippen LogP contribution in [-0.4, -0.2) is 54.8 Å². The summed E-state index contributed by atoms with van der Waals surface area (Å²) in [5, 5.41) is -0.0719. The number of hydrogen-bond acceptors (Lipinski definition) is 7. The molecule has 0 bridgehead atoms. The largest absolute Gasteiger partial charge is 0.544 e. The lowest BCUT2D eigenvalue weighted by Crippen LogP contribution is -2.51. The number of carbonyl (C=O) groups excluding carboxylic acids is 2. The Morgan fingerprint density at radius 1 is 0.900 bits per heavy atom. The van der Waals surface area contributed by atoms with E-state index in [2.05, 4.69) is 9.47 Å². The van der Waals surface area contributed by atoms with Crippen molar-refractivity contribution in [1.82, 2.24) is 0 Å². The minimum atomic E-state index is -3.50. The molecule has 0 fully saturated rings. The van der Waals surface area contributed by atoms with Crippen LogP contribution >= 0.6 is 0 Å². The van der Waals surface area contributed by atoms with Gasteiger partial charge in [0.05, 0.1) is 14.2 Å². The summed E-state index contributed by atoms with van der Waals surface area (Å²) in [6, 6.07) is 0. The Labute approximate surface area is 120 Å². The molecule has 20 heavy (non-hydrogen) atoms. The highest BCUT2D eigenvalue weighted by atomic mass is 28.4. The van der Waals surface area contributed by atoms with Crippen LogP contribution in [0.5, 0.6) is 0 Å². The van der Waals surface area contributed by atoms with Gasteiger partial charge in [0.2, 0.25) is 0 Å². The Kier molecular flexibility index (Phi) is 9.05. The fourth-order valence-electron chi connectivity index (χ4n) is 1.49. The summed E-state index contributed by atoms with van der Waals surface area (Å²) in [5.41, 5.74) is 0. The van der Waals surface area contributed by atoms with Gasteiger partial charge in [-0.1, -0.05) is 0 Å². The monoisotopic (exact) mass is 306 g/mol. The van der Waals surface area contributed by atoms with E-state index in [1.54, 1.807) is 20.8 Å². The molecule has 0 aliphatic carbocycles. The Morgan fingerprint density at radius 2 is 1.35 bits per heavy atom. The number of hydrogen-bond donors (Lipinski definition) is 0. The van der Waals surface area contributed by atoms with Crippen LogP contribution in [0, 0.1) is 0 Å². The first-order chi connectivity index (χ1) is 9.51. The molecule has 8 heteroatoms. The van der Waals surface area contributed by atoms with Crippen molar-refractivity contribution < 1.29 is 32.3 Å². The Hall–Kier alpha value is -1.22. The van der Waals surface area contributed by atoms with Crippen molar-refractivity contribution in [1.29, 1.82) is 0 Å². The van der Waals surface area contributed by atoms with Gasteiger partial charge < -0.3 is 22.8 Å². The summed E-state index contributed by atoms with van der Waals surface area (Å²) in [5.74, 6) is -1.45. The third kappa shape index (κ3) is 5.04. The highest BCUT2D eigenvalue weighted by Gasteiger charge is 2.50. The lowest BCUT2D eigenvalue weighted by Gasteiger charge is -2.29. The highest BCUT2D eigenvalue weighted by molar-refractivity contribution is 6.74. The van der Waals surface area contributed by atoms with E-state index in [1.807, 2.05) is 0 Å². The van der Waals surface area contributed by atoms with Gasteiger partial charge in [-0.05, 0) is 20.8 Å². The fourth-order valence-corrected chi connectivity index (χ4v) is 3.99. The average Bonchev–Trinajstić information content (AvgIpc) is 2.44. The molecule has 0 saturated carbocycles. The predicted octanol–water partition coefficient (Wildman–Crippen LogP) is 0.846. The Morgan fingerprint density at radius 3 is 1.65 bits per heavy atom. The molecule has 0 unspecified atom stereocenters. The number of esters is 2. The van der Waals surface area contributed by atoms with E-state index >= 15 is 0 Å². The van der Waals surface area contributed by atoms with Crippen LogP contribution in [0.1, 0.15) is 20.8 Å². The zero-order valence-electron chi connectivity index (χ0n) is 12.6. The zero-order valence-corrected chi connectivity index (χ0v) is 13.6. The summed E-state index contributed by atoms with van der Waals surface area (Å²) in [6.07, 6.45) is 0.999. The van der Waals surface area contributed by atoms with Gasteiger partial charge in [-0.15, -0.1) is 0 Å². The van der Waals surface area contributed by atoms with Crippen LogP contribution in [0.25, 0.3) is 0 Å². The number of carbonyl (C=O) groups is 2. The van der Waals surface area contributed by atoms with E-state index in [4.69, 9.17) is 13.3 Å². The van der Waals surface area contributed by atoms with Crippen molar-refractivity contribution in [3.8, 4) is 0 Å². The van der Waals surface area contributed by atoms with Crippen LogP contribution < -0.4 is 0 Å². The Balaban J connectivity index is 5.75. The van der Waals surface area contributed by atoms with Gasteiger partial charge in [0.15, 0.2) is 0 Å². The number of rotatable bonds is 9. The topological polar surface area (TPSA) is 80.3 Å². The van der Waals surface area contributed by atoms with Gasteiger partial charge in [0.1, 0.15) is 5.20 Å². The second kappa shape index (κ2) is 9.64. The number of methoxy groups -OCH3 is 2. The molecule has 0 aromatic carbocycles. The van der Waals surface area contributed by atoms with Crippen molar-refractivity contribution in [3.05, 3.63) is 11.3 Å². The summed E-state index contributed by atoms with van der Waals surface area (Å²) in [4.78, 5) is 23.4. The number of ether oxygens (including phenoxy) is 2. The molecule has 0 N–H and O–H groups in total. The summed E-state index contributed by atoms with van der Waals surface area (Å²) < 4.78 is 25.9. The first-order valence-corrected chi connectivity index (χ1v) is 8.03. The molecule has 0 saturated heterocycles. The van der Waals surface area contributed by atoms with Gasteiger partial charge in [-0.25, -0.2) is 9.59 Å². The first-order valence-electron chi connectivity index (χ1n) is 6.31. The van der Waals surface area contributed by atoms with Crippen molar-refractivity contribution >= 4 is 20.7 Å². The SMILES string of the molecule is CCO[Si](OCC)(OCC)/C(=C/C(=O)OC)C(=O)OC. The second-order valence-electron chi connectivity index (χ2n) is 3.43. The van der Waals surface area contributed by atoms with Crippen LogP contribution in [0.15, 0.2) is 11.3 Å². The molecule has 0 radical (unpaired) electrons. The standard InChI is InChI=1S/C12H22O7Si/c1-6-17-20(18-7-2,19-8-3)10(12(14)16-5)9-11(13)15-4/h9H,6-8H2,1-5H3/b10-9+. The van der Waals surface area contributed by atoms with Gasteiger partial charge >= 0.3 is 20.7 Å². The van der Waals surface area contributed by atoms with Crippen molar-refractivity contribution in [2.45, 2.75) is 20.8 Å². The minimum absolute atomic E-state index is 0.0719. The van der Waals surface area contributed by atoms with Crippen LogP contribution in [0.2, 0.25) is 0 Å². The maximum absolute atomic E-state index is 11.9. The molecule has 0 aromatic heterocycles. The average molecular weight is 306 g/mol. The third-order valence-corrected chi connectivity index (χ3v) is 5.22. The molecular formula is C12H22O7Si. The summed E-state index contributed by atoms with van der Waals surface area (Å²) in [6.45, 7) is 6.03. The van der Waals surface area contributed by atoms with Crippen molar-refractivity contribution in [2.75, 3.05) is 34.0 Å². The molecule has 116 valence electrons. The maximum atomic E-state index is 11.9. The van der Waals surface area contributed by atoms with Crippen LogP contribution in [0.3, 0.4) is 0 Å². The molecule has 0 aliphatic heterocycles. The van der Waals surface area contributed by atoms with E-state index in [1.165, 1.54) is 14.2 Å². The second-order valence-corrected chi connectivity index (χ2v) is 5.95. The molecule has 0 atom stereocenters. The predicted molar refractivity (Wildman–Crippen MR) is 72.7 cm³/mol. The van der Waals surface area contributed by atoms with E-state index < -0.39 is 20.7 Å². The lowest BCUT2D eigenvalue weighted by molar-refractivity contribution is -0.138. The molecule has 0 spiro atoms. The molecule has 7 nitrogen and oxygen atoms in total. The fraction of sp³-hybridized carbons (Fsp3) is 0.667. The minimum Gasteiger partial charge on any atom is -0.466 e. The maximum Gasteiger partial charge on any atom is 0.544 e. The lowest BCUT2D eigenvalue weighted by atomic mass is 10.5. The summed E-state index contributed by atoms with van der Waals surface area (Å²) >= 11 is 0. The highest BCUT2D eigenvalue weighted by Crippen LogP contribution is 2.22. The van der Waals surface area contributed by atoms with Crippen molar-refractivity contribution in [3.63, 3.8) is 0 Å². The van der Waals surface area contributed by atoms with Gasteiger partial charge in [0.25, 0.3) is 0 Å². The third-order valence-electron chi connectivity index (χ3n) is 2.20.